The summed E-state index contributed by atoms with van der Waals surface area (Å²) in [6, 6.07) is 8.80. The lowest BCUT2D eigenvalue weighted by Gasteiger charge is -2.30. The SMILES string of the molecule is CCNC(=O)C(CC)N(Cc1ccc(F)cc1)C(=O)COc1ccc([N+](=O)[O-])c(OC)c1. The first kappa shape index (κ1) is 24.6. The number of nitrogens with one attached hydrogen (secondary N) is 1. The predicted octanol–water partition coefficient (Wildman–Crippen LogP) is 3.06. The molecule has 2 amide bonds. The highest BCUT2D eigenvalue weighted by molar-refractivity contribution is 5.88. The van der Waals surface area contributed by atoms with Crippen molar-refractivity contribution in [3.63, 3.8) is 0 Å². The zero-order valence-electron chi connectivity index (χ0n) is 18.2. The first-order valence-corrected chi connectivity index (χ1v) is 10.1. The first-order chi connectivity index (χ1) is 15.3. The molecular weight excluding hydrogens is 421 g/mol. The third-order valence-corrected chi connectivity index (χ3v) is 4.71. The maximum absolute atomic E-state index is 13.3. The Morgan fingerprint density at radius 2 is 1.88 bits per heavy atom. The summed E-state index contributed by atoms with van der Waals surface area (Å²) in [7, 11) is 1.29. The van der Waals surface area contributed by atoms with E-state index < -0.39 is 29.3 Å². The van der Waals surface area contributed by atoms with Crippen LogP contribution in [0.3, 0.4) is 0 Å². The molecule has 1 atom stereocenters. The smallest absolute Gasteiger partial charge is 0.311 e. The predicted molar refractivity (Wildman–Crippen MR) is 115 cm³/mol. The van der Waals surface area contributed by atoms with Gasteiger partial charge in [-0.2, -0.15) is 0 Å². The van der Waals surface area contributed by atoms with Gasteiger partial charge in [0, 0.05) is 25.2 Å². The molecule has 2 aromatic carbocycles. The van der Waals surface area contributed by atoms with Gasteiger partial charge in [-0.05, 0) is 37.1 Å². The number of methoxy groups -OCH3 is 1. The van der Waals surface area contributed by atoms with E-state index in [-0.39, 0.29) is 29.6 Å². The highest BCUT2D eigenvalue weighted by Gasteiger charge is 2.28. The summed E-state index contributed by atoms with van der Waals surface area (Å²) in [5.74, 6) is -0.976. The van der Waals surface area contributed by atoms with E-state index in [9.17, 15) is 24.1 Å². The van der Waals surface area contributed by atoms with Crippen molar-refractivity contribution in [2.24, 2.45) is 0 Å². The minimum absolute atomic E-state index is 0.00289. The molecule has 1 unspecified atom stereocenters. The van der Waals surface area contributed by atoms with Crippen LogP contribution in [0.4, 0.5) is 10.1 Å². The fraction of sp³-hybridized carbons (Fsp3) is 0.364. The lowest BCUT2D eigenvalue weighted by atomic mass is 10.1. The molecule has 0 radical (unpaired) electrons. The summed E-state index contributed by atoms with van der Waals surface area (Å²) < 4.78 is 23.8. The van der Waals surface area contributed by atoms with Crippen molar-refractivity contribution in [3.05, 3.63) is 64.0 Å². The molecule has 0 spiro atoms. The molecule has 32 heavy (non-hydrogen) atoms. The van der Waals surface area contributed by atoms with Crippen LogP contribution in [0.15, 0.2) is 42.5 Å². The van der Waals surface area contributed by atoms with Gasteiger partial charge in [0.1, 0.15) is 17.6 Å². The maximum Gasteiger partial charge on any atom is 0.311 e. The number of nitrogens with zero attached hydrogens (tertiary/aromatic N) is 2. The van der Waals surface area contributed by atoms with Gasteiger partial charge in [0.25, 0.3) is 5.91 Å². The second-order valence-electron chi connectivity index (χ2n) is 6.85. The van der Waals surface area contributed by atoms with Crippen molar-refractivity contribution < 1.29 is 28.4 Å². The molecule has 10 heteroatoms. The summed E-state index contributed by atoms with van der Waals surface area (Å²) in [5.41, 5.74) is 0.422. The Labute approximate surface area is 185 Å². The zero-order valence-corrected chi connectivity index (χ0v) is 18.2. The molecule has 0 fully saturated rings. The first-order valence-electron chi connectivity index (χ1n) is 10.1. The van der Waals surface area contributed by atoms with Crippen LogP contribution in [0.25, 0.3) is 0 Å². The van der Waals surface area contributed by atoms with Gasteiger partial charge in [0.2, 0.25) is 11.7 Å². The van der Waals surface area contributed by atoms with E-state index in [0.29, 0.717) is 18.5 Å². The number of nitro benzene ring substituents is 1. The number of amides is 2. The van der Waals surface area contributed by atoms with Gasteiger partial charge in [-0.25, -0.2) is 4.39 Å². The lowest BCUT2D eigenvalue weighted by Crippen LogP contribution is -2.50. The Balaban J connectivity index is 2.22. The average molecular weight is 447 g/mol. The molecular formula is C22H26FN3O6. The number of rotatable bonds is 11. The standard InChI is InChI=1S/C22H26FN3O6/c1-4-18(22(28)24-5-2)25(13-15-6-8-16(23)9-7-15)21(27)14-32-17-10-11-19(26(29)30)20(12-17)31-3/h6-12,18H,4-5,13-14H2,1-3H3,(H,24,28). The molecule has 0 saturated heterocycles. The number of benzene rings is 2. The maximum atomic E-state index is 13.3. The monoisotopic (exact) mass is 447 g/mol. The highest BCUT2D eigenvalue weighted by atomic mass is 19.1. The number of hydrogen-bond acceptors (Lipinski definition) is 6. The number of hydrogen-bond donors (Lipinski definition) is 1. The number of carbonyl (C=O) groups is 2. The van der Waals surface area contributed by atoms with Gasteiger partial charge < -0.3 is 19.7 Å². The number of likely N-dealkylation sites (N-methyl/N-ethyl adjacent to an activating group) is 1. The van der Waals surface area contributed by atoms with Crippen LogP contribution in [0.5, 0.6) is 11.5 Å². The van der Waals surface area contributed by atoms with E-state index in [1.807, 2.05) is 0 Å². The van der Waals surface area contributed by atoms with Crippen LogP contribution in [0.1, 0.15) is 25.8 Å². The second kappa shape index (κ2) is 11.6. The Morgan fingerprint density at radius 3 is 2.44 bits per heavy atom. The van der Waals surface area contributed by atoms with Crippen molar-refractivity contribution in [1.82, 2.24) is 10.2 Å². The fourth-order valence-electron chi connectivity index (χ4n) is 3.12. The summed E-state index contributed by atoms with van der Waals surface area (Å²) in [4.78, 5) is 37.4. The van der Waals surface area contributed by atoms with Crippen LogP contribution >= 0.6 is 0 Å². The van der Waals surface area contributed by atoms with E-state index in [1.54, 1.807) is 26.0 Å². The molecule has 2 rings (SSSR count). The summed E-state index contributed by atoms with van der Waals surface area (Å²) in [6.07, 6.45) is 0.365. The molecule has 0 bridgehead atoms. The number of ether oxygens (including phenoxy) is 2. The van der Waals surface area contributed by atoms with Crippen molar-refractivity contribution >= 4 is 17.5 Å². The van der Waals surface area contributed by atoms with Crippen LogP contribution in [0, 0.1) is 15.9 Å². The second-order valence-corrected chi connectivity index (χ2v) is 6.85. The van der Waals surface area contributed by atoms with Gasteiger partial charge in [-0.15, -0.1) is 0 Å². The van der Waals surface area contributed by atoms with E-state index in [4.69, 9.17) is 9.47 Å². The summed E-state index contributed by atoms with van der Waals surface area (Å²) in [6.45, 7) is 3.65. The van der Waals surface area contributed by atoms with Crippen LogP contribution in [-0.2, 0) is 16.1 Å². The molecule has 2 aromatic rings. The van der Waals surface area contributed by atoms with Crippen molar-refractivity contribution in [3.8, 4) is 11.5 Å². The summed E-state index contributed by atoms with van der Waals surface area (Å²) in [5, 5.41) is 13.7. The quantitative estimate of drug-likeness (QED) is 0.419. The van der Waals surface area contributed by atoms with Gasteiger partial charge in [0.05, 0.1) is 12.0 Å². The Hall–Kier alpha value is -3.69. The molecule has 0 aromatic heterocycles. The minimum Gasteiger partial charge on any atom is -0.490 e. The number of nitro groups is 1. The van der Waals surface area contributed by atoms with E-state index >= 15 is 0 Å². The summed E-state index contributed by atoms with van der Waals surface area (Å²) >= 11 is 0. The largest absolute Gasteiger partial charge is 0.490 e. The lowest BCUT2D eigenvalue weighted by molar-refractivity contribution is -0.385. The zero-order chi connectivity index (χ0) is 23.7. The molecule has 172 valence electrons. The Kier molecular flexibility index (Phi) is 8.94. The number of halogens is 1. The van der Waals surface area contributed by atoms with E-state index in [1.165, 1.54) is 42.3 Å². The molecule has 0 saturated carbocycles. The van der Waals surface area contributed by atoms with Gasteiger partial charge in [-0.1, -0.05) is 19.1 Å². The Bertz CT molecular complexity index is 951. The third kappa shape index (κ3) is 6.40. The van der Waals surface area contributed by atoms with Crippen LogP contribution in [0.2, 0.25) is 0 Å². The normalized spacial score (nSPS) is 11.4. The molecule has 0 aliphatic heterocycles. The van der Waals surface area contributed by atoms with Gasteiger partial charge in [0.15, 0.2) is 6.61 Å². The topological polar surface area (TPSA) is 111 Å². The molecule has 1 N–H and O–H groups in total. The molecule has 0 aliphatic carbocycles. The Morgan fingerprint density at radius 1 is 1.19 bits per heavy atom. The number of carbonyl (C=O) groups excluding carboxylic acids is 2. The van der Waals surface area contributed by atoms with Crippen molar-refractivity contribution in [2.75, 3.05) is 20.3 Å². The third-order valence-electron chi connectivity index (χ3n) is 4.71. The average Bonchev–Trinajstić information content (AvgIpc) is 2.78. The molecule has 0 heterocycles. The molecule has 0 aliphatic rings. The van der Waals surface area contributed by atoms with Crippen LogP contribution in [-0.4, -0.2) is 47.9 Å². The van der Waals surface area contributed by atoms with Gasteiger partial charge >= 0.3 is 5.69 Å². The highest BCUT2D eigenvalue weighted by Crippen LogP contribution is 2.30. The minimum atomic E-state index is -0.748. The van der Waals surface area contributed by atoms with Crippen LogP contribution < -0.4 is 14.8 Å². The van der Waals surface area contributed by atoms with Gasteiger partial charge in [-0.3, -0.25) is 19.7 Å². The fourth-order valence-corrected chi connectivity index (χ4v) is 3.12. The van der Waals surface area contributed by atoms with E-state index in [2.05, 4.69) is 5.32 Å². The van der Waals surface area contributed by atoms with E-state index in [0.717, 1.165) is 0 Å². The van der Waals surface area contributed by atoms with Crippen molar-refractivity contribution in [2.45, 2.75) is 32.9 Å². The van der Waals surface area contributed by atoms with Crippen molar-refractivity contribution in [1.29, 1.82) is 0 Å². The molecule has 9 nitrogen and oxygen atoms in total.